The van der Waals surface area contributed by atoms with Gasteiger partial charge in [-0.05, 0) is 30.3 Å². The topological polar surface area (TPSA) is 24.9 Å². The highest BCUT2D eigenvalue weighted by Crippen LogP contribution is 2.09. The van der Waals surface area contributed by atoms with Crippen LogP contribution in [0.15, 0.2) is 24.5 Å². The first-order valence-corrected chi connectivity index (χ1v) is 3.80. The first-order valence-electron chi connectivity index (χ1n) is 3.80. The average Bonchev–Trinajstić information content (AvgIpc) is 2.28. The van der Waals surface area contributed by atoms with Crippen molar-refractivity contribution in [2.24, 2.45) is 0 Å². The molecule has 0 atom stereocenters. The number of rotatable bonds is 0. The van der Waals surface area contributed by atoms with Crippen molar-refractivity contribution < 1.29 is 0 Å². The molecule has 0 aromatic carbocycles. The molecule has 1 aromatic rings. The summed E-state index contributed by atoms with van der Waals surface area (Å²) in [4.78, 5) is 4.25. The number of hydrogen-bond acceptors (Lipinski definition) is 2. The molecule has 11 heavy (non-hydrogen) atoms. The second kappa shape index (κ2) is 2.74. The molecule has 2 heterocycles. The van der Waals surface area contributed by atoms with Gasteiger partial charge in [0.15, 0.2) is 0 Å². The highest BCUT2D eigenvalue weighted by molar-refractivity contribution is 5.49. The van der Waals surface area contributed by atoms with Gasteiger partial charge in [0.05, 0.1) is 5.69 Å². The first-order chi connectivity index (χ1) is 5.47. The van der Waals surface area contributed by atoms with E-state index in [1.54, 1.807) is 0 Å². The molecule has 1 N–H and O–H groups in total. The fraction of sp³-hybridized carbons (Fsp3) is 0.222. The van der Waals surface area contributed by atoms with Crippen molar-refractivity contribution in [1.82, 2.24) is 10.3 Å². The minimum Gasteiger partial charge on any atom is -0.390 e. The molecule has 1 aromatic heterocycles. The maximum absolute atomic E-state index is 4.25. The average molecular weight is 146 g/mol. The number of aromatic nitrogens is 1. The van der Waals surface area contributed by atoms with Crippen molar-refractivity contribution >= 4 is 6.08 Å². The minimum absolute atomic E-state index is 1.01. The summed E-state index contributed by atoms with van der Waals surface area (Å²) in [6, 6.07) is 4.11. The third-order valence-electron chi connectivity index (χ3n) is 1.82. The Bertz CT molecular complexity index is 279. The van der Waals surface area contributed by atoms with E-state index in [0.717, 1.165) is 18.7 Å². The summed E-state index contributed by atoms with van der Waals surface area (Å²) in [5.74, 6) is 0. The van der Waals surface area contributed by atoms with Crippen molar-refractivity contribution in [3.8, 4) is 0 Å². The summed E-state index contributed by atoms with van der Waals surface area (Å²) in [6.45, 7) is 1.01. The van der Waals surface area contributed by atoms with E-state index in [0.29, 0.717) is 0 Å². The van der Waals surface area contributed by atoms with Crippen molar-refractivity contribution in [3.63, 3.8) is 0 Å². The summed E-state index contributed by atoms with van der Waals surface area (Å²) in [5, 5.41) is 3.17. The molecular weight excluding hydrogens is 136 g/mol. The van der Waals surface area contributed by atoms with Crippen molar-refractivity contribution in [2.45, 2.75) is 6.42 Å². The number of pyridine rings is 1. The number of nitrogens with one attached hydrogen (secondary N) is 1. The standard InChI is InChI=1S/C9H10N2/c1-2-8-3-6-10-7-4-9(8)11-5-1/h1-2,4-5,7,10H,3,6H2. The molecule has 0 saturated carbocycles. The van der Waals surface area contributed by atoms with E-state index >= 15 is 0 Å². The van der Waals surface area contributed by atoms with Gasteiger partial charge < -0.3 is 5.32 Å². The van der Waals surface area contributed by atoms with Gasteiger partial charge in [-0.25, -0.2) is 0 Å². The minimum atomic E-state index is 1.01. The summed E-state index contributed by atoms with van der Waals surface area (Å²) < 4.78 is 0. The second-order valence-corrected chi connectivity index (χ2v) is 2.59. The molecule has 56 valence electrons. The van der Waals surface area contributed by atoms with Crippen LogP contribution in [0.2, 0.25) is 0 Å². The zero-order valence-electron chi connectivity index (χ0n) is 6.25. The van der Waals surface area contributed by atoms with E-state index < -0.39 is 0 Å². The lowest BCUT2D eigenvalue weighted by Crippen LogP contribution is -2.07. The normalized spacial score (nSPS) is 14.9. The maximum atomic E-state index is 4.25. The Labute approximate surface area is 66.0 Å². The van der Waals surface area contributed by atoms with Gasteiger partial charge in [-0.1, -0.05) is 6.07 Å². The number of fused-ring (bicyclic) bond motifs is 1. The summed E-state index contributed by atoms with van der Waals surface area (Å²) in [7, 11) is 0. The third-order valence-corrected chi connectivity index (χ3v) is 1.82. The molecule has 0 unspecified atom stereocenters. The van der Waals surface area contributed by atoms with Gasteiger partial charge in [0.2, 0.25) is 0 Å². The Kier molecular flexibility index (Phi) is 1.60. The molecule has 2 nitrogen and oxygen atoms in total. The molecule has 0 saturated heterocycles. The predicted octanol–water partition coefficient (Wildman–Crippen LogP) is 1.20. The van der Waals surface area contributed by atoms with Gasteiger partial charge in [0.25, 0.3) is 0 Å². The molecule has 0 bridgehead atoms. The van der Waals surface area contributed by atoms with Gasteiger partial charge in [-0.2, -0.15) is 0 Å². The van der Waals surface area contributed by atoms with Crippen LogP contribution < -0.4 is 5.32 Å². The van der Waals surface area contributed by atoms with E-state index in [4.69, 9.17) is 0 Å². The summed E-state index contributed by atoms with van der Waals surface area (Å²) in [6.07, 6.45) is 6.87. The summed E-state index contributed by atoms with van der Waals surface area (Å²) in [5.41, 5.74) is 2.42. The molecule has 2 heteroatoms. The van der Waals surface area contributed by atoms with E-state index in [9.17, 15) is 0 Å². The Morgan fingerprint density at radius 3 is 3.45 bits per heavy atom. The lowest BCUT2D eigenvalue weighted by molar-refractivity contribution is 0.840. The van der Waals surface area contributed by atoms with Gasteiger partial charge in [-0.15, -0.1) is 0 Å². The highest BCUT2D eigenvalue weighted by atomic mass is 14.8. The van der Waals surface area contributed by atoms with Crippen LogP contribution in [0, 0.1) is 0 Å². The van der Waals surface area contributed by atoms with Gasteiger partial charge >= 0.3 is 0 Å². The fourth-order valence-electron chi connectivity index (χ4n) is 1.24. The monoisotopic (exact) mass is 146 g/mol. The predicted molar refractivity (Wildman–Crippen MR) is 45.0 cm³/mol. The van der Waals surface area contributed by atoms with E-state index in [1.165, 1.54) is 5.56 Å². The van der Waals surface area contributed by atoms with Crippen LogP contribution >= 0.6 is 0 Å². The van der Waals surface area contributed by atoms with Crippen LogP contribution in [0.1, 0.15) is 11.3 Å². The van der Waals surface area contributed by atoms with Crippen LogP contribution in [0.3, 0.4) is 0 Å². The zero-order valence-corrected chi connectivity index (χ0v) is 6.25. The molecule has 0 aliphatic carbocycles. The van der Waals surface area contributed by atoms with Crippen molar-refractivity contribution in [1.29, 1.82) is 0 Å². The SMILES string of the molecule is C1=Cc2ncccc2CCN1. The molecule has 1 aliphatic rings. The molecule has 0 amide bonds. The van der Waals surface area contributed by atoms with Gasteiger partial charge in [-0.3, -0.25) is 4.98 Å². The molecule has 0 radical (unpaired) electrons. The Morgan fingerprint density at radius 2 is 2.45 bits per heavy atom. The third kappa shape index (κ3) is 1.24. The van der Waals surface area contributed by atoms with Crippen LogP contribution in [-0.4, -0.2) is 11.5 Å². The smallest absolute Gasteiger partial charge is 0.0676 e. The Hall–Kier alpha value is -1.31. The first kappa shape index (κ1) is 6.40. The largest absolute Gasteiger partial charge is 0.390 e. The lowest BCUT2D eigenvalue weighted by Gasteiger charge is -1.99. The molecule has 0 fully saturated rings. The van der Waals surface area contributed by atoms with Crippen molar-refractivity contribution in [2.75, 3.05) is 6.54 Å². The Balaban J connectivity index is 2.45. The zero-order chi connectivity index (χ0) is 7.52. The maximum Gasteiger partial charge on any atom is 0.0676 e. The van der Waals surface area contributed by atoms with E-state index in [2.05, 4.69) is 16.4 Å². The number of hydrogen-bond donors (Lipinski definition) is 1. The van der Waals surface area contributed by atoms with Gasteiger partial charge in [0, 0.05) is 12.7 Å². The molecule has 0 spiro atoms. The highest BCUT2D eigenvalue weighted by Gasteiger charge is 2.01. The van der Waals surface area contributed by atoms with Gasteiger partial charge in [0.1, 0.15) is 0 Å². The van der Waals surface area contributed by atoms with E-state index in [1.807, 2.05) is 24.5 Å². The van der Waals surface area contributed by atoms with Crippen LogP contribution in [0.4, 0.5) is 0 Å². The van der Waals surface area contributed by atoms with E-state index in [-0.39, 0.29) is 0 Å². The fourth-order valence-corrected chi connectivity index (χ4v) is 1.24. The number of nitrogens with zero attached hydrogens (tertiary/aromatic N) is 1. The van der Waals surface area contributed by atoms with Crippen LogP contribution in [-0.2, 0) is 6.42 Å². The molecule has 1 aliphatic heterocycles. The van der Waals surface area contributed by atoms with Crippen LogP contribution in [0.5, 0.6) is 0 Å². The lowest BCUT2D eigenvalue weighted by atomic mass is 10.1. The Morgan fingerprint density at radius 1 is 1.45 bits per heavy atom. The second-order valence-electron chi connectivity index (χ2n) is 2.59. The molecule has 2 rings (SSSR count). The summed E-state index contributed by atoms with van der Waals surface area (Å²) >= 11 is 0. The van der Waals surface area contributed by atoms with Crippen molar-refractivity contribution in [3.05, 3.63) is 35.8 Å². The molecular formula is C9H10N2. The quantitative estimate of drug-likeness (QED) is 0.595. The van der Waals surface area contributed by atoms with Crippen LogP contribution in [0.25, 0.3) is 6.08 Å².